The summed E-state index contributed by atoms with van der Waals surface area (Å²) in [6.45, 7) is 4.36. The second-order valence-electron chi connectivity index (χ2n) is 25.9. The van der Waals surface area contributed by atoms with Gasteiger partial charge in [-0.05, 0) is 83.5 Å². The predicted octanol–water partition coefficient (Wildman–Crippen LogP) is 23.9. The SMILES string of the molecule is CC/C=C\C/C=C\C/C=C\C/C=C\CCCCCCCCCCCCCCC(=O)OC(COC(=O)CCCCCCCCCCCCCCCCCCCCCCCCCCC/C=C\C/C=C\CCCCCCC)COP(=O)(O)OCC[N+](C)(C)C. The van der Waals surface area contributed by atoms with E-state index in [2.05, 4.69) is 86.8 Å². The zero-order chi connectivity index (χ0) is 62.6. The van der Waals surface area contributed by atoms with Crippen LogP contribution in [-0.4, -0.2) is 74.9 Å². The van der Waals surface area contributed by atoms with Crippen LogP contribution in [0.4, 0.5) is 0 Å². The molecule has 0 aliphatic heterocycles. The van der Waals surface area contributed by atoms with E-state index in [-0.39, 0.29) is 25.6 Å². The van der Waals surface area contributed by atoms with Gasteiger partial charge in [0, 0.05) is 12.8 Å². The summed E-state index contributed by atoms with van der Waals surface area (Å²) in [5.74, 6) is -0.785. The molecule has 502 valence electrons. The lowest BCUT2D eigenvalue weighted by Crippen LogP contribution is -2.37. The number of carbonyl (C=O) groups is 2. The van der Waals surface area contributed by atoms with Crippen molar-refractivity contribution in [3.05, 3.63) is 72.9 Å². The first kappa shape index (κ1) is 83.5. The van der Waals surface area contributed by atoms with Crippen LogP contribution in [0.5, 0.6) is 0 Å². The van der Waals surface area contributed by atoms with Gasteiger partial charge in [0.1, 0.15) is 19.8 Å². The minimum absolute atomic E-state index is 0.0311. The fourth-order valence-electron chi connectivity index (χ4n) is 10.6. The van der Waals surface area contributed by atoms with Crippen molar-refractivity contribution in [2.45, 2.75) is 354 Å². The summed E-state index contributed by atoms with van der Waals surface area (Å²) in [5, 5.41) is 0. The number of unbranched alkanes of at least 4 members (excludes halogenated alkanes) is 42. The van der Waals surface area contributed by atoms with Crippen LogP contribution < -0.4 is 0 Å². The van der Waals surface area contributed by atoms with Crippen molar-refractivity contribution in [3.8, 4) is 0 Å². The number of carbonyl (C=O) groups excluding carboxylic acids is 2. The molecule has 10 heteroatoms. The number of esters is 2. The minimum atomic E-state index is -4.39. The Morgan fingerprint density at radius 3 is 0.988 bits per heavy atom. The van der Waals surface area contributed by atoms with Crippen LogP contribution >= 0.6 is 7.82 Å². The largest absolute Gasteiger partial charge is 0.472 e. The third-order valence-corrected chi connectivity index (χ3v) is 17.2. The zero-order valence-corrected chi connectivity index (χ0v) is 58.2. The van der Waals surface area contributed by atoms with Crippen LogP contribution in [-0.2, 0) is 32.7 Å². The lowest BCUT2D eigenvalue weighted by molar-refractivity contribution is -0.870. The maximum Gasteiger partial charge on any atom is 0.472 e. The maximum atomic E-state index is 12.9. The molecule has 0 radical (unpaired) electrons. The number of phosphoric ester groups is 1. The monoisotopic (exact) mass is 1230 g/mol. The minimum Gasteiger partial charge on any atom is -0.462 e. The molecular weight excluding hydrogens is 1090 g/mol. The van der Waals surface area contributed by atoms with E-state index in [9.17, 15) is 19.0 Å². The molecule has 9 nitrogen and oxygen atoms in total. The van der Waals surface area contributed by atoms with Gasteiger partial charge in [0.2, 0.25) is 0 Å². The number of nitrogens with zero attached hydrogens (tertiary/aromatic N) is 1. The Balaban J connectivity index is 3.95. The third kappa shape index (κ3) is 70.5. The highest BCUT2D eigenvalue weighted by atomic mass is 31.2. The zero-order valence-electron chi connectivity index (χ0n) is 57.3. The number of ether oxygens (including phenoxy) is 2. The molecule has 0 fully saturated rings. The molecular formula is C76H141NO8P+. The summed E-state index contributed by atoms with van der Waals surface area (Å²) in [6, 6.07) is 0. The fourth-order valence-corrected chi connectivity index (χ4v) is 11.4. The van der Waals surface area contributed by atoms with Crippen molar-refractivity contribution in [1.82, 2.24) is 0 Å². The van der Waals surface area contributed by atoms with E-state index in [4.69, 9.17) is 18.5 Å². The van der Waals surface area contributed by atoms with E-state index in [0.717, 1.165) is 70.6 Å². The molecule has 0 amide bonds. The second-order valence-corrected chi connectivity index (χ2v) is 27.4. The molecule has 0 aromatic heterocycles. The number of hydrogen-bond donors (Lipinski definition) is 1. The van der Waals surface area contributed by atoms with Crippen molar-refractivity contribution in [2.75, 3.05) is 47.5 Å². The van der Waals surface area contributed by atoms with Crippen molar-refractivity contribution >= 4 is 19.8 Å². The number of likely N-dealkylation sites (N-methyl/N-ethyl adjacent to an activating group) is 1. The summed E-state index contributed by atoms with van der Waals surface area (Å²) in [7, 11) is 1.49. The van der Waals surface area contributed by atoms with Crippen LogP contribution in [0, 0.1) is 0 Å². The van der Waals surface area contributed by atoms with Gasteiger partial charge >= 0.3 is 19.8 Å². The van der Waals surface area contributed by atoms with Crippen molar-refractivity contribution in [3.63, 3.8) is 0 Å². The fraction of sp³-hybridized carbons (Fsp3) is 0.816. The molecule has 2 unspecified atom stereocenters. The second kappa shape index (κ2) is 66.9. The van der Waals surface area contributed by atoms with Gasteiger partial charge in [0.05, 0.1) is 27.7 Å². The van der Waals surface area contributed by atoms with E-state index in [1.54, 1.807) is 0 Å². The smallest absolute Gasteiger partial charge is 0.462 e. The quantitative estimate of drug-likeness (QED) is 0.0211. The van der Waals surface area contributed by atoms with Gasteiger partial charge in [-0.25, -0.2) is 4.57 Å². The molecule has 0 aliphatic carbocycles. The van der Waals surface area contributed by atoms with Crippen molar-refractivity contribution in [2.24, 2.45) is 0 Å². The topological polar surface area (TPSA) is 108 Å². The molecule has 0 aliphatic rings. The average molecular weight is 1230 g/mol. The highest BCUT2D eigenvalue weighted by Gasteiger charge is 2.27. The van der Waals surface area contributed by atoms with Crippen LogP contribution in [0.1, 0.15) is 348 Å². The highest BCUT2D eigenvalue weighted by molar-refractivity contribution is 7.47. The number of hydrogen-bond acceptors (Lipinski definition) is 7. The Kier molecular flexibility index (Phi) is 64.9. The van der Waals surface area contributed by atoms with Gasteiger partial charge in [0.15, 0.2) is 6.10 Å². The number of allylic oxidation sites excluding steroid dienone is 12. The first-order valence-electron chi connectivity index (χ1n) is 36.7. The number of quaternary nitrogens is 1. The van der Waals surface area contributed by atoms with Crippen molar-refractivity contribution < 1.29 is 42.1 Å². The molecule has 86 heavy (non-hydrogen) atoms. The summed E-state index contributed by atoms with van der Waals surface area (Å²) in [4.78, 5) is 35.9. The van der Waals surface area contributed by atoms with E-state index in [1.807, 2.05) is 21.1 Å². The number of phosphoric acid groups is 1. The Hall–Kier alpha value is -2.55. The first-order chi connectivity index (χ1) is 42.0. The van der Waals surface area contributed by atoms with Crippen LogP contribution in [0.25, 0.3) is 0 Å². The van der Waals surface area contributed by atoms with Crippen LogP contribution in [0.2, 0.25) is 0 Å². The summed E-state index contributed by atoms with van der Waals surface area (Å²) in [5.41, 5.74) is 0. The average Bonchev–Trinajstić information content (AvgIpc) is 3.70. The van der Waals surface area contributed by atoms with Crippen molar-refractivity contribution in [1.29, 1.82) is 0 Å². The van der Waals surface area contributed by atoms with Crippen LogP contribution in [0.15, 0.2) is 72.9 Å². The molecule has 0 heterocycles. The van der Waals surface area contributed by atoms with E-state index in [0.29, 0.717) is 23.9 Å². The van der Waals surface area contributed by atoms with Gasteiger partial charge in [-0.15, -0.1) is 0 Å². The molecule has 0 bridgehead atoms. The van der Waals surface area contributed by atoms with Gasteiger partial charge in [-0.2, -0.15) is 0 Å². The third-order valence-electron chi connectivity index (χ3n) is 16.2. The molecule has 0 rings (SSSR count). The Bertz CT molecular complexity index is 1680. The Morgan fingerprint density at radius 2 is 0.663 bits per heavy atom. The Morgan fingerprint density at radius 1 is 0.372 bits per heavy atom. The molecule has 1 N–H and O–H groups in total. The van der Waals surface area contributed by atoms with Gasteiger partial charge in [0.25, 0.3) is 0 Å². The van der Waals surface area contributed by atoms with Gasteiger partial charge < -0.3 is 18.9 Å². The van der Waals surface area contributed by atoms with E-state index in [1.165, 1.54) is 244 Å². The molecule has 0 saturated carbocycles. The molecule has 0 spiro atoms. The van der Waals surface area contributed by atoms with Gasteiger partial charge in [-0.3, -0.25) is 18.6 Å². The number of rotatable bonds is 68. The van der Waals surface area contributed by atoms with E-state index < -0.39 is 26.5 Å². The molecule has 0 aromatic carbocycles. The summed E-state index contributed by atoms with van der Waals surface area (Å²) >= 11 is 0. The molecule has 2 atom stereocenters. The lowest BCUT2D eigenvalue weighted by atomic mass is 10.0. The summed E-state index contributed by atoms with van der Waals surface area (Å²) in [6.07, 6.45) is 90.3. The van der Waals surface area contributed by atoms with Gasteiger partial charge in [-0.1, -0.05) is 324 Å². The normalized spacial score (nSPS) is 13.5. The highest BCUT2D eigenvalue weighted by Crippen LogP contribution is 2.43. The van der Waals surface area contributed by atoms with E-state index >= 15 is 0 Å². The van der Waals surface area contributed by atoms with Crippen LogP contribution in [0.3, 0.4) is 0 Å². The Labute approximate surface area is 533 Å². The molecule has 0 aromatic rings. The first-order valence-corrected chi connectivity index (χ1v) is 38.2. The summed E-state index contributed by atoms with van der Waals surface area (Å²) < 4.78 is 34.8. The predicted molar refractivity (Wildman–Crippen MR) is 372 cm³/mol. The lowest BCUT2D eigenvalue weighted by Gasteiger charge is -2.24. The standard InChI is InChI=1S/C76H140NO8P/c1-6-8-10-12-14-16-18-20-22-24-26-28-30-32-33-34-35-36-37-38-39-40-41-42-43-45-46-48-50-52-54-56-58-60-62-64-66-68-75(78)82-72-74(73-84-86(80,81)83-71-70-77(3,4)5)85-76(79)69-67-65-63-61-59-57-55-53-51-49-47-44-31-29-27-25-23-21-19-17-15-13-11-9-7-2/h9,11,15,17-18,20-21,23-24,26-27,29,74H,6-8,10,12-14,16,19,22,25,28,30-73H2,1-5H3/p+1/b11-9-,17-15-,20-18-,23-21-,26-24-,29-27-. The maximum absolute atomic E-state index is 12.9. The molecule has 0 saturated heterocycles.